The molecule has 0 aromatic carbocycles. The molecule has 0 spiro atoms. The van der Waals surface area contributed by atoms with Crippen molar-refractivity contribution in [1.82, 2.24) is 0 Å². The van der Waals surface area contributed by atoms with Gasteiger partial charge in [-0.3, -0.25) is 18.6 Å². The smallest absolute Gasteiger partial charge is 0.472 e. The maximum absolute atomic E-state index is 12.7. The molecule has 0 aromatic rings. The average molecular weight is 850 g/mol. The topological polar surface area (TPSA) is 155 Å². The number of carboxylic acid groups (broad SMARTS) is 1. The molecule has 0 aliphatic rings. The average Bonchev–Trinajstić information content (AvgIpc) is 3.21. The van der Waals surface area contributed by atoms with Crippen LogP contribution in [0.1, 0.15) is 181 Å². The summed E-state index contributed by atoms with van der Waals surface area (Å²) in [6.45, 7) is 3.69. The summed E-state index contributed by atoms with van der Waals surface area (Å²) in [6.07, 6.45) is 53.8. The monoisotopic (exact) mass is 850 g/mol. The van der Waals surface area contributed by atoms with Crippen LogP contribution in [-0.2, 0) is 32.7 Å². The van der Waals surface area contributed by atoms with Gasteiger partial charge in [0, 0.05) is 13.0 Å². The zero-order valence-electron chi connectivity index (χ0n) is 37.1. The minimum Gasteiger partial charge on any atom is -0.480 e. The maximum atomic E-state index is 12.7. The first kappa shape index (κ1) is 56.4. The highest BCUT2D eigenvalue weighted by Crippen LogP contribution is 2.43. The summed E-state index contributed by atoms with van der Waals surface area (Å²) < 4.78 is 33.4. The third kappa shape index (κ3) is 43.3. The Kier molecular flexibility index (Phi) is 41.6. The molecule has 0 saturated carbocycles. The number of carbonyl (C=O) groups excluding carboxylic acids is 1. The minimum atomic E-state index is -4.63. The molecule has 0 radical (unpaired) electrons. The van der Waals surface area contributed by atoms with Gasteiger partial charge in [0.05, 0.1) is 19.8 Å². The molecule has 0 bridgehead atoms. The normalized spacial score (nSPS) is 14.5. The van der Waals surface area contributed by atoms with Gasteiger partial charge in [-0.25, -0.2) is 4.57 Å². The second-order valence-corrected chi connectivity index (χ2v) is 16.6. The Hall–Kier alpha value is -2.59. The first-order chi connectivity index (χ1) is 28.7. The molecule has 3 unspecified atom stereocenters. The highest BCUT2D eigenvalue weighted by Gasteiger charge is 2.27. The van der Waals surface area contributed by atoms with E-state index in [4.69, 9.17) is 29.4 Å². The summed E-state index contributed by atoms with van der Waals surface area (Å²) in [6, 6.07) is -1.48. The van der Waals surface area contributed by atoms with E-state index in [0.29, 0.717) is 13.0 Å². The van der Waals surface area contributed by atoms with E-state index in [2.05, 4.69) is 86.8 Å². The van der Waals surface area contributed by atoms with Crippen LogP contribution in [0.3, 0.4) is 0 Å². The molecule has 10 nitrogen and oxygen atoms in total. The van der Waals surface area contributed by atoms with E-state index in [1.807, 2.05) is 0 Å². The summed E-state index contributed by atoms with van der Waals surface area (Å²) in [4.78, 5) is 33.6. The first-order valence-electron chi connectivity index (χ1n) is 23.0. The number of hydrogen-bond donors (Lipinski definition) is 3. The molecule has 0 aliphatic carbocycles. The van der Waals surface area contributed by atoms with Gasteiger partial charge in [0.2, 0.25) is 0 Å². The van der Waals surface area contributed by atoms with Crippen molar-refractivity contribution in [2.45, 2.75) is 193 Å². The molecule has 0 aromatic heterocycles. The van der Waals surface area contributed by atoms with Gasteiger partial charge < -0.3 is 25.2 Å². The van der Waals surface area contributed by atoms with Crippen molar-refractivity contribution in [3.8, 4) is 0 Å². The Bertz CT molecular complexity index is 1210. The number of ether oxygens (including phenoxy) is 2. The van der Waals surface area contributed by atoms with Gasteiger partial charge in [0.1, 0.15) is 12.1 Å². The van der Waals surface area contributed by atoms with Crippen molar-refractivity contribution in [3.63, 3.8) is 0 Å². The van der Waals surface area contributed by atoms with Crippen LogP contribution in [0.4, 0.5) is 0 Å². The van der Waals surface area contributed by atoms with Gasteiger partial charge >= 0.3 is 19.8 Å². The van der Waals surface area contributed by atoms with Gasteiger partial charge in [-0.2, -0.15) is 0 Å². The van der Waals surface area contributed by atoms with Crippen LogP contribution in [0.25, 0.3) is 0 Å². The number of nitrogens with two attached hydrogens (primary N) is 1. The van der Waals surface area contributed by atoms with E-state index in [1.54, 1.807) is 0 Å². The number of rotatable bonds is 43. The second-order valence-electron chi connectivity index (χ2n) is 15.1. The number of phosphoric ester groups is 1. The molecule has 11 heteroatoms. The Morgan fingerprint density at radius 1 is 0.559 bits per heavy atom. The number of phosphoric acid groups is 1. The van der Waals surface area contributed by atoms with E-state index in [9.17, 15) is 19.0 Å². The standard InChI is InChI=1S/C48H84NO9P/c1-3-5-7-9-11-13-15-17-19-21-22-23-25-27-29-31-33-35-37-39-41-55-42-45(43-56-59(53,54)57-44-46(49)48(51)52)58-47(50)40-38-36-34-32-30-28-26-24-20-18-16-14-12-10-8-6-4-2/h5,7,11,13,17-20,22-23,27,29,45-46H,3-4,6,8-10,12,14-16,21,24-26,28,30-44,49H2,1-2H3,(H,51,52)(H,53,54)/b7-5-,13-11-,19-17-,20-18-,23-22-,29-27-. The Morgan fingerprint density at radius 2 is 0.983 bits per heavy atom. The van der Waals surface area contributed by atoms with Crippen molar-refractivity contribution < 1.29 is 42.7 Å². The zero-order valence-corrected chi connectivity index (χ0v) is 38.0. The van der Waals surface area contributed by atoms with Crippen LogP contribution in [0.5, 0.6) is 0 Å². The van der Waals surface area contributed by atoms with Crippen molar-refractivity contribution in [2.24, 2.45) is 5.73 Å². The lowest BCUT2D eigenvalue weighted by Crippen LogP contribution is -2.34. The summed E-state index contributed by atoms with van der Waals surface area (Å²) in [5.41, 5.74) is 5.36. The fourth-order valence-corrected chi connectivity index (χ4v) is 6.70. The fraction of sp³-hybridized carbons (Fsp3) is 0.708. The van der Waals surface area contributed by atoms with Gasteiger partial charge in [-0.05, 0) is 83.5 Å². The molecular weight excluding hydrogens is 765 g/mol. The van der Waals surface area contributed by atoms with Crippen LogP contribution in [0.15, 0.2) is 72.9 Å². The lowest BCUT2D eigenvalue weighted by atomic mass is 10.1. The van der Waals surface area contributed by atoms with Crippen molar-refractivity contribution in [2.75, 3.05) is 26.4 Å². The van der Waals surface area contributed by atoms with E-state index in [1.165, 1.54) is 64.2 Å². The predicted molar refractivity (Wildman–Crippen MR) is 244 cm³/mol. The van der Waals surface area contributed by atoms with Gasteiger partial charge in [-0.15, -0.1) is 0 Å². The third-order valence-electron chi connectivity index (χ3n) is 9.47. The summed E-state index contributed by atoms with van der Waals surface area (Å²) in [7, 11) is -4.63. The Morgan fingerprint density at radius 3 is 1.49 bits per heavy atom. The molecular formula is C48H84NO9P. The molecule has 0 amide bonds. The molecule has 0 aliphatic heterocycles. The number of unbranched alkanes of at least 4 members (excludes halogenated alkanes) is 17. The highest BCUT2D eigenvalue weighted by atomic mass is 31.2. The highest BCUT2D eigenvalue weighted by molar-refractivity contribution is 7.47. The van der Waals surface area contributed by atoms with E-state index in [0.717, 1.165) is 89.9 Å². The molecule has 0 rings (SSSR count). The van der Waals surface area contributed by atoms with Crippen LogP contribution >= 0.6 is 7.82 Å². The van der Waals surface area contributed by atoms with Crippen LogP contribution in [0.2, 0.25) is 0 Å². The molecule has 0 heterocycles. The molecule has 59 heavy (non-hydrogen) atoms. The van der Waals surface area contributed by atoms with Crippen molar-refractivity contribution in [1.29, 1.82) is 0 Å². The summed E-state index contributed by atoms with van der Waals surface area (Å²) in [5, 5.41) is 8.91. The maximum Gasteiger partial charge on any atom is 0.472 e. The van der Waals surface area contributed by atoms with E-state index >= 15 is 0 Å². The summed E-state index contributed by atoms with van der Waals surface area (Å²) in [5.74, 6) is -1.80. The van der Waals surface area contributed by atoms with E-state index < -0.39 is 45.1 Å². The Labute approximate surface area is 359 Å². The second kappa shape index (κ2) is 43.5. The van der Waals surface area contributed by atoms with Gasteiger partial charge in [0.15, 0.2) is 0 Å². The lowest BCUT2D eigenvalue weighted by molar-refractivity contribution is -0.154. The SMILES string of the molecule is CC/C=C\C/C=C\C/C=C\C/C=C\C/C=C\CCCCCCOCC(COP(=O)(O)OCC(N)C(=O)O)OC(=O)CCCCCCCCC/C=C\CCCCCCCC. The number of hydrogen-bond acceptors (Lipinski definition) is 8. The molecule has 0 fully saturated rings. The van der Waals surface area contributed by atoms with Gasteiger partial charge in [-0.1, -0.05) is 164 Å². The van der Waals surface area contributed by atoms with Crippen molar-refractivity contribution >= 4 is 19.8 Å². The Balaban J connectivity index is 4.29. The minimum absolute atomic E-state index is 0.00531. The fourth-order valence-electron chi connectivity index (χ4n) is 5.92. The van der Waals surface area contributed by atoms with Crippen LogP contribution < -0.4 is 5.73 Å². The quantitative estimate of drug-likeness (QED) is 0.0234. The zero-order chi connectivity index (χ0) is 43.3. The molecule has 340 valence electrons. The van der Waals surface area contributed by atoms with E-state index in [-0.39, 0.29) is 13.0 Å². The summed E-state index contributed by atoms with van der Waals surface area (Å²) >= 11 is 0. The number of esters is 1. The van der Waals surface area contributed by atoms with Crippen LogP contribution in [0, 0.1) is 0 Å². The van der Waals surface area contributed by atoms with Crippen molar-refractivity contribution in [3.05, 3.63) is 72.9 Å². The molecule has 0 saturated heterocycles. The predicted octanol–water partition coefficient (Wildman–Crippen LogP) is 13.0. The number of carbonyl (C=O) groups is 2. The largest absolute Gasteiger partial charge is 0.480 e. The molecule has 3 atom stereocenters. The molecule has 4 N–H and O–H groups in total. The first-order valence-corrected chi connectivity index (χ1v) is 24.5. The van der Waals surface area contributed by atoms with Gasteiger partial charge in [0.25, 0.3) is 0 Å². The lowest BCUT2D eigenvalue weighted by Gasteiger charge is -2.20. The van der Waals surface area contributed by atoms with Crippen LogP contribution in [-0.4, -0.2) is 60.5 Å². The number of carboxylic acids is 1. The number of aliphatic carboxylic acids is 1. The third-order valence-corrected chi connectivity index (χ3v) is 10.4. The number of allylic oxidation sites excluding steroid dienone is 12.